The van der Waals surface area contributed by atoms with Crippen LogP contribution in [0, 0.1) is 5.41 Å². The minimum atomic E-state index is 0.305. The first kappa shape index (κ1) is 16.0. The van der Waals surface area contributed by atoms with Crippen LogP contribution >= 0.6 is 0 Å². The Balaban J connectivity index is 1.39. The van der Waals surface area contributed by atoms with Crippen LogP contribution in [0.2, 0.25) is 0 Å². The highest BCUT2D eigenvalue weighted by Crippen LogP contribution is 2.47. The van der Waals surface area contributed by atoms with E-state index in [1.807, 2.05) is 13.1 Å². The van der Waals surface area contributed by atoms with Crippen LogP contribution in [-0.4, -0.2) is 55.5 Å². The van der Waals surface area contributed by atoms with Gasteiger partial charge in [-0.1, -0.05) is 6.42 Å². The zero-order chi connectivity index (χ0) is 16.4. The molecule has 2 saturated heterocycles. The van der Waals surface area contributed by atoms with E-state index in [-0.39, 0.29) is 0 Å². The standard InChI is InChI=1S/C19H30N4O/c1-20-18(23-12-9-19(15-23)7-5-8-19)21-14-16(17-6-4-13-24-17)22-10-2-3-11-22/h4,6,13,16H,2-3,5,7-12,14-15H2,1H3,(H,20,21). The molecule has 1 atom stereocenters. The second kappa shape index (κ2) is 6.79. The Morgan fingerprint density at radius 2 is 2.08 bits per heavy atom. The van der Waals surface area contributed by atoms with Crippen molar-refractivity contribution in [1.82, 2.24) is 15.1 Å². The fourth-order valence-corrected chi connectivity index (χ4v) is 4.66. The molecule has 1 saturated carbocycles. The van der Waals surface area contributed by atoms with Crippen LogP contribution in [0.4, 0.5) is 0 Å². The number of likely N-dealkylation sites (tertiary alicyclic amines) is 2. The van der Waals surface area contributed by atoms with E-state index in [0.717, 1.165) is 24.8 Å². The molecule has 1 spiro atoms. The van der Waals surface area contributed by atoms with Crippen LogP contribution < -0.4 is 5.32 Å². The molecule has 1 aromatic heterocycles. The molecule has 1 N–H and O–H groups in total. The van der Waals surface area contributed by atoms with Gasteiger partial charge in [0.2, 0.25) is 0 Å². The monoisotopic (exact) mass is 330 g/mol. The second-order valence-corrected chi connectivity index (χ2v) is 7.73. The molecule has 5 nitrogen and oxygen atoms in total. The van der Waals surface area contributed by atoms with Gasteiger partial charge < -0.3 is 14.6 Å². The summed E-state index contributed by atoms with van der Waals surface area (Å²) >= 11 is 0. The molecule has 3 fully saturated rings. The number of hydrogen-bond acceptors (Lipinski definition) is 3. The van der Waals surface area contributed by atoms with Gasteiger partial charge in [-0.25, -0.2) is 0 Å². The topological polar surface area (TPSA) is 44.0 Å². The first-order valence-corrected chi connectivity index (χ1v) is 9.53. The lowest BCUT2D eigenvalue weighted by atomic mass is 9.68. The number of nitrogens with one attached hydrogen (secondary N) is 1. The first-order chi connectivity index (χ1) is 11.8. The summed E-state index contributed by atoms with van der Waals surface area (Å²) in [6, 6.07) is 4.40. The molecule has 0 amide bonds. The maximum atomic E-state index is 5.72. The predicted octanol–water partition coefficient (Wildman–Crippen LogP) is 2.87. The van der Waals surface area contributed by atoms with Crippen LogP contribution in [0.25, 0.3) is 0 Å². The Morgan fingerprint density at radius 3 is 2.67 bits per heavy atom. The quantitative estimate of drug-likeness (QED) is 0.681. The average Bonchev–Trinajstić information content (AvgIpc) is 3.32. The SMILES string of the molecule is CN=C(NCC(c1ccco1)N1CCCC1)N1CCC2(CCC2)C1. The maximum absolute atomic E-state index is 5.72. The number of hydrogen-bond donors (Lipinski definition) is 1. The minimum Gasteiger partial charge on any atom is -0.468 e. The normalized spacial score (nSPS) is 25.2. The Labute approximate surface area is 145 Å². The molecular formula is C19H30N4O. The zero-order valence-corrected chi connectivity index (χ0v) is 14.8. The molecule has 0 radical (unpaired) electrons. The van der Waals surface area contributed by atoms with Crippen molar-refractivity contribution in [3.63, 3.8) is 0 Å². The molecule has 5 heteroatoms. The molecule has 1 unspecified atom stereocenters. The van der Waals surface area contributed by atoms with E-state index in [1.165, 1.54) is 58.2 Å². The van der Waals surface area contributed by atoms with E-state index in [9.17, 15) is 0 Å². The summed E-state index contributed by atoms with van der Waals surface area (Å²) in [6.45, 7) is 5.53. The van der Waals surface area contributed by atoms with E-state index >= 15 is 0 Å². The van der Waals surface area contributed by atoms with Crippen molar-refractivity contribution in [3.8, 4) is 0 Å². The molecule has 3 heterocycles. The van der Waals surface area contributed by atoms with Gasteiger partial charge in [0.15, 0.2) is 5.96 Å². The van der Waals surface area contributed by atoms with Crippen molar-refractivity contribution in [1.29, 1.82) is 0 Å². The predicted molar refractivity (Wildman–Crippen MR) is 96.1 cm³/mol. The third kappa shape index (κ3) is 3.06. The third-order valence-corrected chi connectivity index (χ3v) is 6.27. The lowest BCUT2D eigenvalue weighted by molar-refractivity contribution is 0.151. The maximum Gasteiger partial charge on any atom is 0.193 e. The highest BCUT2D eigenvalue weighted by molar-refractivity contribution is 5.80. The summed E-state index contributed by atoms with van der Waals surface area (Å²) in [4.78, 5) is 9.56. The molecule has 1 aromatic rings. The Hall–Kier alpha value is -1.49. The Bertz CT molecular complexity index is 558. The summed E-state index contributed by atoms with van der Waals surface area (Å²) in [5.41, 5.74) is 0.604. The van der Waals surface area contributed by atoms with Crippen LogP contribution in [0.3, 0.4) is 0 Å². The van der Waals surface area contributed by atoms with Crippen molar-refractivity contribution in [2.75, 3.05) is 39.8 Å². The number of furan rings is 1. The summed E-state index contributed by atoms with van der Waals surface area (Å²) < 4.78 is 5.72. The van der Waals surface area contributed by atoms with Gasteiger partial charge in [0.05, 0.1) is 12.3 Å². The van der Waals surface area contributed by atoms with E-state index in [4.69, 9.17) is 4.42 Å². The molecule has 4 rings (SSSR count). The van der Waals surface area contributed by atoms with Crippen LogP contribution in [0.1, 0.15) is 50.3 Å². The smallest absolute Gasteiger partial charge is 0.193 e. The van der Waals surface area contributed by atoms with Gasteiger partial charge >= 0.3 is 0 Å². The second-order valence-electron chi connectivity index (χ2n) is 7.73. The minimum absolute atomic E-state index is 0.305. The van der Waals surface area contributed by atoms with E-state index in [2.05, 4.69) is 26.2 Å². The summed E-state index contributed by atoms with van der Waals surface area (Å²) in [5.74, 6) is 2.13. The number of rotatable bonds is 4. The van der Waals surface area contributed by atoms with Gasteiger partial charge in [0.1, 0.15) is 5.76 Å². The molecular weight excluding hydrogens is 300 g/mol. The van der Waals surface area contributed by atoms with E-state index in [1.54, 1.807) is 6.26 Å². The molecule has 24 heavy (non-hydrogen) atoms. The van der Waals surface area contributed by atoms with Crippen molar-refractivity contribution in [2.45, 2.75) is 44.6 Å². The van der Waals surface area contributed by atoms with Gasteiger partial charge in [-0.2, -0.15) is 0 Å². The van der Waals surface area contributed by atoms with Crippen molar-refractivity contribution >= 4 is 5.96 Å². The van der Waals surface area contributed by atoms with Crippen molar-refractivity contribution in [3.05, 3.63) is 24.2 Å². The van der Waals surface area contributed by atoms with Crippen molar-refractivity contribution < 1.29 is 4.42 Å². The van der Waals surface area contributed by atoms with Crippen LogP contribution in [-0.2, 0) is 0 Å². The number of aliphatic imine (C=N–C) groups is 1. The fourth-order valence-electron chi connectivity index (χ4n) is 4.66. The summed E-state index contributed by atoms with van der Waals surface area (Å²) in [5, 5.41) is 3.64. The van der Waals surface area contributed by atoms with Gasteiger partial charge in [0.25, 0.3) is 0 Å². The molecule has 3 aliphatic rings. The molecule has 0 aromatic carbocycles. The highest BCUT2D eigenvalue weighted by atomic mass is 16.3. The molecule has 2 aliphatic heterocycles. The molecule has 132 valence electrons. The number of nitrogens with zero attached hydrogens (tertiary/aromatic N) is 3. The van der Waals surface area contributed by atoms with Crippen LogP contribution in [0.15, 0.2) is 27.8 Å². The largest absolute Gasteiger partial charge is 0.468 e. The first-order valence-electron chi connectivity index (χ1n) is 9.53. The Morgan fingerprint density at radius 1 is 1.25 bits per heavy atom. The summed E-state index contributed by atoms with van der Waals surface area (Å²) in [6.07, 6.45) is 9.93. The molecule has 1 aliphatic carbocycles. The highest BCUT2D eigenvalue weighted by Gasteiger charge is 2.43. The van der Waals surface area contributed by atoms with E-state index in [0.29, 0.717) is 11.5 Å². The van der Waals surface area contributed by atoms with Gasteiger partial charge in [-0.15, -0.1) is 0 Å². The molecule has 0 bridgehead atoms. The Kier molecular flexibility index (Phi) is 4.53. The van der Waals surface area contributed by atoms with Gasteiger partial charge in [0, 0.05) is 26.7 Å². The average molecular weight is 330 g/mol. The number of guanidine groups is 1. The van der Waals surface area contributed by atoms with Gasteiger partial charge in [-0.3, -0.25) is 9.89 Å². The lowest BCUT2D eigenvalue weighted by Crippen LogP contribution is -2.45. The lowest BCUT2D eigenvalue weighted by Gasteiger charge is -2.38. The fraction of sp³-hybridized carbons (Fsp3) is 0.737. The van der Waals surface area contributed by atoms with Crippen molar-refractivity contribution in [2.24, 2.45) is 10.4 Å². The van der Waals surface area contributed by atoms with Crippen LogP contribution in [0.5, 0.6) is 0 Å². The third-order valence-electron chi connectivity index (χ3n) is 6.27. The van der Waals surface area contributed by atoms with E-state index < -0.39 is 0 Å². The van der Waals surface area contributed by atoms with Gasteiger partial charge in [-0.05, 0) is 62.7 Å². The zero-order valence-electron chi connectivity index (χ0n) is 14.8. The summed E-state index contributed by atoms with van der Waals surface area (Å²) in [7, 11) is 1.91.